The van der Waals surface area contributed by atoms with Gasteiger partial charge in [-0.3, -0.25) is 9.20 Å². The average Bonchev–Trinajstić information content (AvgIpc) is 3.44. The molecule has 1 atom stereocenters. The minimum absolute atomic E-state index is 0.0659. The maximum atomic E-state index is 12.7. The van der Waals surface area contributed by atoms with Crippen molar-refractivity contribution in [1.82, 2.24) is 19.9 Å². The topological polar surface area (TPSA) is 114 Å². The summed E-state index contributed by atoms with van der Waals surface area (Å²) in [5, 5.41) is 17.1. The Morgan fingerprint density at radius 2 is 1.91 bits per heavy atom. The first-order valence-corrected chi connectivity index (χ1v) is 10.3. The maximum Gasteiger partial charge on any atom is 0.319 e. The highest BCUT2D eigenvalue weighted by Gasteiger charge is 2.23. The summed E-state index contributed by atoms with van der Waals surface area (Å²) in [6.07, 6.45) is 3.27. The number of fused-ring (bicyclic) bond motifs is 1. The molecule has 9 nitrogen and oxygen atoms in total. The number of nitrogens with one attached hydrogen (secondary N) is 3. The molecular formula is C22H21ClN6O3. The van der Waals surface area contributed by atoms with Crippen LogP contribution in [0.5, 0.6) is 0 Å². The van der Waals surface area contributed by atoms with E-state index in [-0.39, 0.29) is 22.7 Å². The molecule has 4 aromatic rings. The highest BCUT2D eigenvalue weighted by atomic mass is 35.5. The van der Waals surface area contributed by atoms with Crippen LogP contribution in [0.2, 0.25) is 5.02 Å². The fraction of sp³-hybridized carbons (Fsp3) is 0.182. The Morgan fingerprint density at radius 1 is 1.06 bits per heavy atom. The molecule has 0 fully saturated rings. The van der Waals surface area contributed by atoms with Crippen LogP contribution in [0.15, 0.2) is 65.4 Å². The molecule has 0 bridgehead atoms. The van der Waals surface area contributed by atoms with E-state index >= 15 is 0 Å². The zero-order valence-electron chi connectivity index (χ0n) is 17.4. The molecule has 3 amide bonds. The number of carbonyl (C=O) groups excluding carboxylic acids is 2. The molecule has 164 valence electrons. The summed E-state index contributed by atoms with van der Waals surface area (Å²) >= 11 is 6.28. The molecule has 1 aromatic carbocycles. The molecule has 0 aliphatic carbocycles. The molecular weight excluding hydrogens is 432 g/mol. The Bertz CT molecular complexity index is 1250. The highest BCUT2D eigenvalue weighted by Crippen LogP contribution is 2.27. The normalized spacial score (nSPS) is 12.0. The molecule has 0 radical (unpaired) electrons. The van der Waals surface area contributed by atoms with Gasteiger partial charge < -0.3 is 20.4 Å². The predicted molar refractivity (Wildman–Crippen MR) is 121 cm³/mol. The Labute approximate surface area is 188 Å². The van der Waals surface area contributed by atoms with Crippen molar-refractivity contribution in [2.75, 3.05) is 10.6 Å². The number of pyridine rings is 1. The second-order valence-corrected chi connectivity index (χ2v) is 7.84. The van der Waals surface area contributed by atoms with E-state index in [1.807, 2.05) is 42.6 Å². The molecule has 3 heterocycles. The van der Waals surface area contributed by atoms with Crippen molar-refractivity contribution in [3.63, 3.8) is 0 Å². The fourth-order valence-corrected chi connectivity index (χ4v) is 3.42. The number of urea groups is 1. The molecule has 4 rings (SSSR count). The Balaban J connectivity index is 1.44. The molecule has 0 aliphatic heterocycles. The van der Waals surface area contributed by atoms with Crippen LogP contribution < -0.4 is 16.0 Å². The second-order valence-electron chi connectivity index (χ2n) is 7.43. The quantitative estimate of drug-likeness (QED) is 0.390. The van der Waals surface area contributed by atoms with Crippen molar-refractivity contribution >= 4 is 40.6 Å². The number of hydrogen-bond acceptors (Lipinski definition) is 5. The summed E-state index contributed by atoms with van der Waals surface area (Å²) < 4.78 is 6.91. The third kappa shape index (κ3) is 4.57. The van der Waals surface area contributed by atoms with Crippen molar-refractivity contribution in [3.8, 4) is 0 Å². The van der Waals surface area contributed by atoms with E-state index < -0.39 is 11.9 Å². The number of benzene rings is 1. The number of furan rings is 1. The molecule has 0 aliphatic rings. The predicted octanol–water partition coefficient (Wildman–Crippen LogP) is 4.75. The zero-order valence-corrected chi connectivity index (χ0v) is 18.1. The van der Waals surface area contributed by atoms with Gasteiger partial charge in [0.25, 0.3) is 5.91 Å². The standard InChI is InChI=1S/C22H21ClN6O3/c1-13(2)19(20-28-27-18-7-3-4-10-29(18)20)26-22(31)24-14-8-9-16(15(23)12-14)25-21(30)17-6-5-11-32-17/h3-13,19H,1-2H3,(H,25,30)(H2,24,26,31). The number of aromatic nitrogens is 3. The monoisotopic (exact) mass is 452 g/mol. The van der Waals surface area contributed by atoms with Gasteiger partial charge in [0.2, 0.25) is 0 Å². The van der Waals surface area contributed by atoms with Crippen molar-refractivity contribution in [3.05, 3.63) is 77.6 Å². The van der Waals surface area contributed by atoms with E-state index in [0.29, 0.717) is 22.8 Å². The van der Waals surface area contributed by atoms with Crippen LogP contribution in [0.4, 0.5) is 16.2 Å². The summed E-state index contributed by atoms with van der Waals surface area (Å²) in [6, 6.07) is 12.8. The van der Waals surface area contributed by atoms with Gasteiger partial charge in [-0.15, -0.1) is 10.2 Å². The summed E-state index contributed by atoms with van der Waals surface area (Å²) in [4.78, 5) is 24.8. The lowest BCUT2D eigenvalue weighted by atomic mass is 10.0. The lowest BCUT2D eigenvalue weighted by Crippen LogP contribution is -2.36. The lowest BCUT2D eigenvalue weighted by Gasteiger charge is -2.21. The molecule has 3 aromatic heterocycles. The SMILES string of the molecule is CC(C)C(NC(=O)Nc1ccc(NC(=O)c2ccco2)c(Cl)c1)c1nnc2ccccn12. The second kappa shape index (κ2) is 9.11. The zero-order chi connectivity index (χ0) is 22.7. The highest BCUT2D eigenvalue weighted by molar-refractivity contribution is 6.34. The first-order chi connectivity index (χ1) is 15.4. The van der Waals surface area contributed by atoms with Gasteiger partial charge in [-0.2, -0.15) is 0 Å². The van der Waals surface area contributed by atoms with Crippen LogP contribution in [0.1, 0.15) is 36.3 Å². The van der Waals surface area contributed by atoms with Crippen LogP contribution in [-0.4, -0.2) is 26.5 Å². The number of halogens is 1. The van der Waals surface area contributed by atoms with Crippen molar-refractivity contribution in [2.45, 2.75) is 19.9 Å². The van der Waals surface area contributed by atoms with Crippen molar-refractivity contribution < 1.29 is 14.0 Å². The number of nitrogens with zero attached hydrogens (tertiary/aromatic N) is 3. The third-order valence-electron chi connectivity index (χ3n) is 4.79. The van der Waals surface area contributed by atoms with E-state index in [4.69, 9.17) is 16.0 Å². The number of carbonyl (C=O) groups is 2. The van der Waals surface area contributed by atoms with Crippen molar-refractivity contribution in [1.29, 1.82) is 0 Å². The first kappa shape index (κ1) is 21.4. The number of rotatable bonds is 6. The van der Waals surface area contributed by atoms with Gasteiger partial charge in [0.15, 0.2) is 17.2 Å². The summed E-state index contributed by atoms with van der Waals surface area (Å²) in [5.74, 6) is 0.454. The Kier molecular flexibility index (Phi) is 6.09. The van der Waals surface area contributed by atoms with Gasteiger partial charge in [0, 0.05) is 11.9 Å². The molecule has 10 heteroatoms. The van der Waals surface area contributed by atoms with E-state index in [1.165, 1.54) is 6.26 Å². The summed E-state index contributed by atoms with van der Waals surface area (Å²) in [7, 11) is 0. The van der Waals surface area contributed by atoms with Gasteiger partial charge >= 0.3 is 6.03 Å². The van der Waals surface area contributed by atoms with Gasteiger partial charge in [-0.1, -0.05) is 31.5 Å². The lowest BCUT2D eigenvalue weighted by molar-refractivity contribution is 0.0996. The average molecular weight is 453 g/mol. The van der Waals surface area contributed by atoms with Crippen LogP contribution in [0, 0.1) is 5.92 Å². The van der Waals surface area contributed by atoms with E-state index in [9.17, 15) is 9.59 Å². The van der Waals surface area contributed by atoms with E-state index in [2.05, 4.69) is 26.1 Å². The van der Waals surface area contributed by atoms with Gasteiger partial charge in [0.1, 0.15) is 0 Å². The fourth-order valence-electron chi connectivity index (χ4n) is 3.20. The minimum Gasteiger partial charge on any atom is -0.459 e. The van der Waals surface area contributed by atoms with E-state index in [0.717, 1.165) is 0 Å². The van der Waals surface area contributed by atoms with E-state index in [1.54, 1.807) is 30.3 Å². The Morgan fingerprint density at radius 3 is 2.62 bits per heavy atom. The van der Waals surface area contributed by atoms with Crippen LogP contribution in [-0.2, 0) is 0 Å². The van der Waals surface area contributed by atoms with Crippen LogP contribution in [0.25, 0.3) is 5.65 Å². The first-order valence-electron chi connectivity index (χ1n) is 9.94. The molecule has 3 N–H and O–H groups in total. The van der Waals surface area contributed by atoms with Gasteiger partial charge in [-0.25, -0.2) is 4.79 Å². The third-order valence-corrected chi connectivity index (χ3v) is 5.10. The Hall–Kier alpha value is -3.85. The minimum atomic E-state index is -0.421. The van der Waals surface area contributed by atoms with Crippen molar-refractivity contribution in [2.24, 2.45) is 5.92 Å². The maximum absolute atomic E-state index is 12.7. The van der Waals surface area contributed by atoms with Gasteiger partial charge in [-0.05, 0) is 48.4 Å². The summed E-state index contributed by atoms with van der Waals surface area (Å²) in [6.45, 7) is 3.98. The number of anilines is 2. The molecule has 1 unspecified atom stereocenters. The number of amides is 3. The van der Waals surface area contributed by atoms with Crippen LogP contribution in [0.3, 0.4) is 0 Å². The smallest absolute Gasteiger partial charge is 0.319 e. The summed E-state index contributed by atoms with van der Waals surface area (Å²) in [5.41, 5.74) is 1.57. The molecule has 0 saturated carbocycles. The molecule has 0 spiro atoms. The molecule has 0 saturated heterocycles. The van der Waals surface area contributed by atoms with Crippen LogP contribution >= 0.6 is 11.6 Å². The largest absolute Gasteiger partial charge is 0.459 e. The molecule has 32 heavy (non-hydrogen) atoms. The van der Waals surface area contributed by atoms with Gasteiger partial charge in [0.05, 0.1) is 23.0 Å². The number of hydrogen-bond donors (Lipinski definition) is 3.